The van der Waals surface area contributed by atoms with Gasteiger partial charge < -0.3 is 14.4 Å². The number of carbonyl (C=O) groups excluding carboxylic acids is 2. The predicted octanol–water partition coefficient (Wildman–Crippen LogP) is 2.65. The number of rotatable bonds is 5. The number of esters is 1. The molecule has 2 aromatic heterocycles. The van der Waals surface area contributed by atoms with Crippen LogP contribution in [0.1, 0.15) is 39.0 Å². The molecular weight excluding hydrogens is 384 g/mol. The second kappa shape index (κ2) is 8.36. The van der Waals surface area contributed by atoms with Crippen LogP contribution >= 0.6 is 0 Å². The number of benzene rings is 1. The minimum absolute atomic E-state index is 0.124. The molecule has 1 aliphatic heterocycles. The van der Waals surface area contributed by atoms with E-state index in [4.69, 9.17) is 9.47 Å². The van der Waals surface area contributed by atoms with Crippen LogP contribution in [0.2, 0.25) is 0 Å². The fourth-order valence-electron chi connectivity index (χ4n) is 3.56. The van der Waals surface area contributed by atoms with Gasteiger partial charge in [-0.25, -0.2) is 9.48 Å². The lowest BCUT2D eigenvalue weighted by Crippen LogP contribution is -2.36. The van der Waals surface area contributed by atoms with Crippen molar-refractivity contribution < 1.29 is 19.1 Å². The SMILES string of the molecule is CCOC(=O)c1nn(-c2ccc(OC)cc2)c2c1CN(C(=O)c1cccnc1)CC2. The molecule has 30 heavy (non-hydrogen) atoms. The fraction of sp³-hybridized carbons (Fsp3) is 0.273. The lowest BCUT2D eigenvalue weighted by molar-refractivity contribution is 0.0513. The Kier molecular flexibility index (Phi) is 5.47. The van der Waals surface area contributed by atoms with Gasteiger partial charge in [0.05, 0.1) is 37.2 Å². The van der Waals surface area contributed by atoms with Crippen molar-refractivity contribution in [1.29, 1.82) is 0 Å². The highest BCUT2D eigenvalue weighted by Gasteiger charge is 2.31. The van der Waals surface area contributed by atoms with E-state index in [0.717, 1.165) is 17.1 Å². The molecule has 1 aromatic carbocycles. The maximum atomic E-state index is 12.9. The summed E-state index contributed by atoms with van der Waals surface area (Å²) in [6.45, 7) is 2.81. The minimum atomic E-state index is -0.489. The number of aromatic nitrogens is 3. The highest BCUT2D eigenvalue weighted by atomic mass is 16.5. The molecule has 0 saturated carbocycles. The number of hydrogen-bond donors (Lipinski definition) is 0. The van der Waals surface area contributed by atoms with Gasteiger partial charge >= 0.3 is 5.97 Å². The minimum Gasteiger partial charge on any atom is -0.497 e. The maximum absolute atomic E-state index is 12.9. The Hall–Kier alpha value is -3.68. The van der Waals surface area contributed by atoms with Crippen LogP contribution in [-0.4, -0.2) is 51.8 Å². The quantitative estimate of drug-likeness (QED) is 0.606. The van der Waals surface area contributed by atoms with Crippen LogP contribution in [0, 0.1) is 0 Å². The molecule has 0 atom stereocenters. The van der Waals surface area contributed by atoms with Crippen molar-refractivity contribution in [2.24, 2.45) is 0 Å². The summed E-state index contributed by atoms with van der Waals surface area (Å²) in [5.74, 6) is 0.121. The van der Waals surface area contributed by atoms with E-state index in [1.54, 1.807) is 48.1 Å². The van der Waals surface area contributed by atoms with Gasteiger partial charge in [-0.1, -0.05) is 0 Å². The average Bonchev–Trinajstić information content (AvgIpc) is 3.18. The first-order valence-electron chi connectivity index (χ1n) is 9.74. The Bertz CT molecular complexity index is 1060. The lowest BCUT2D eigenvalue weighted by atomic mass is 10.0. The Morgan fingerprint density at radius 3 is 2.63 bits per heavy atom. The zero-order chi connectivity index (χ0) is 21.1. The summed E-state index contributed by atoms with van der Waals surface area (Å²) in [6, 6.07) is 10.9. The Morgan fingerprint density at radius 2 is 1.97 bits per heavy atom. The van der Waals surface area contributed by atoms with Gasteiger partial charge in [0.25, 0.3) is 5.91 Å². The first-order valence-corrected chi connectivity index (χ1v) is 9.74. The summed E-state index contributed by atoms with van der Waals surface area (Å²) in [5.41, 5.74) is 3.19. The Labute approximate surface area is 174 Å². The molecule has 0 aliphatic carbocycles. The standard InChI is InChI=1S/C22H22N4O4/c1-3-30-22(28)20-18-14-25(21(27)15-5-4-11-23-13-15)12-10-19(18)26(24-20)16-6-8-17(29-2)9-7-16/h4-9,11,13H,3,10,12,14H2,1-2H3. The van der Waals surface area contributed by atoms with Crippen molar-refractivity contribution in [2.45, 2.75) is 19.9 Å². The van der Waals surface area contributed by atoms with Crippen molar-refractivity contribution in [3.05, 3.63) is 71.3 Å². The maximum Gasteiger partial charge on any atom is 0.359 e. The van der Waals surface area contributed by atoms with Crippen LogP contribution in [0.15, 0.2) is 48.8 Å². The van der Waals surface area contributed by atoms with E-state index < -0.39 is 5.97 Å². The van der Waals surface area contributed by atoms with Crippen molar-refractivity contribution in [1.82, 2.24) is 19.7 Å². The third-order valence-corrected chi connectivity index (χ3v) is 5.04. The molecule has 3 aromatic rings. The van der Waals surface area contributed by atoms with Gasteiger partial charge in [-0.3, -0.25) is 9.78 Å². The van der Waals surface area contributed by atoms with E-state index in [0.29, 0.717) is 24.1 Å². The van der Waals surface area contributed by atoms with Crippen LogP contribution < -0.4 is 4.74 Å². The summed E-state index contributed by atoms with van der Waals surface area (Å²) < 4.78 is 12.2. The molecule has 0 radical (unpaired) electrons. The molecule has 0 N–H and O–H groups in total. The summed E-state index contributed by atoms with van der Waals surface area (Å²) in [4.78, 5) is 31.2. The first kappa shape index (κ1) is 19.6. The predicted molar refractivity (Wildman–Crippen MR) is 109 cm³/mol. The van der Waals surface area contributed by atoms with E-state index in [1.165, 1.54) is 0 Å². The second-order valence-electron chi connectivity index (χ2n) is 6.82. The third kappa shape index (κ3) is 3.63. The van der Waals surface area contributed by atoms with Gasteiger partial charge in [0.15, 0.2) is 5.69 Å². The van der Waals surface area contributed by atoms with Gasteiger partial charge in [-0.15, -0.1) is 0 Å². The van der Waals surface area contributed by atoms with E-state index in [9.17, 15) is 9.59 Å². The number of carbonyl (C=O) groups is 2. The molecule has 0 spiro atoms. The average molecular weight is 406 g/mol. The van der Waals surface area contributed by atoms with Crippen LogP contribution in [0.4, 0.5) is 0 Å². The zero-order valence-corrected chi connectivity index (χ0v) is 16.9. The number of nitrogens with zero attached hydrogens (tertiary/aromatic N) is 4. The third-order valence-electron chi connectivity index (χ3n) is 5.04. The van der Waals surface area contributed by atoms with Gasteiger partial charge in [0.2, 0.25) is 0 Å². The van der Waals surface area contributed by atoms with E-state index in [2.05, 4.69) is 10.1 Å². The molecular formula is C22H22N4O4. The Morgan fingerprint density at radius 1 is 1.17 bits per heavy atom. The summed E-state index contributed by atoms with van der Waals surface area (Å²) in [5, 5.41) is 4.55. The van der Waals surface area contributed by atoms with E-state index >= 15 is 0 Å². The van der Waals surface area contributed by atoms with Gasteiger partial charge in [-0.2, -0.15) is 5.10 Å². The van der Waals surface area contributed by atoms with Gasteiger partial charge in [0, 0.05) is 30.9 Å². The Balaban J connectivity index is 1.71. The largest absolute Gasteiger partial charge is 0.497 e. The lowest BCUT2D eigenvalue weighted by Gasteiger charge is -2.27. The van der Waals surface area contributed by atoms with Crippen LogP contribution in [-0.2, 0) is 17.7 Å². The topological polar surface area (TPSA) is 86.5 Å². The number of ether oxygens (including phenoxy) is 2. The molecule has 154 valence electrons. The van der Waals surface area contributed by atoms with Crippen molar-refractivity contribution in [3.8, 4) is 11.4 Å². The molecule has 0 unspecified atom stereocenters. The summed E-state index contributed by atoms with van der Waals surface area (Å²) in [7, 11) is 1.61. The zero-order valence-electron chi connectivity index (χ0n) is 16.9. The van der Waals surface area contributed by atoms with Crippen LogP contribution in [0.3, 0.4) is 0 Å². The first-order chi connectivity index (χ1) is 14.6. The molecule has 3 heterocycles. The van der Waals surface area contributed by atoms with Gasteiger partial charge in [0.1, 0.15) is 5.75 Å². The number of methoxy groups -OCH3 is 1. The summed E-state index contributed by atoms with van der Waals surface area (Å²) in [6.07, 6.45) is 3.74. The van der Waals surface area contributed by atoms with Crippen LogP contribution in [0.25, 0.3) is 5.69 Å². The molecule has 4 rings (SSSR count). The molecule has 0 fully saturated rings. The normalized spacial score (nSPS) is 12.9. The summed E-state index contributed by atoms with van der Waals surface area (Å²) >= 11 is 0. The second-order valence-corrected chi connectivity index (χ2v) is 6.82. The number of hydrogen-bond acceptors (Lipinski definition) is 6. The van der Waals surface area contributed by atoms with Gasteiger partial charge in [-0.05, 0) is 43.3 Å². The van der Waals surface area contributed by atoms with Crippen molar-refractivity contribution in [2.75, 3.05) is 20.3 Å². The highest BCUT2D eigenvalue weighted by Crippen LogP contribution is 2.27. The molecule has 1 aliphatic rings. The molecule has 8 heteroatoms. The number of fused-ring (bicyclic) bond motifs is 1. The molecule has 0 saturated heterocycles. The monoisotopic (exact) mass is 406 g/mol. The smallest absolute Gasteiger partial charge is 0.359 e. The van der Waals surface area contributed by atoms with E-state index in [1.807, 2.05) is 24.3 Å². The molecule has 8 nitrogen and oxygen atoms in total. The van der Waals surface area contributed by atoms with Crippen LogP contribution in [0.5, 0.6) is 5.75 Å². The molecule has 1 amide bonds. The highest BCUT2D eigenvalue weighted by molar-refractivity contribution is 5.94. The number of amides is 1. The van der Waals surface area contributed by atoms with Crippen molar-refractivity contribution in [3.63, 3.8) is 0 Å². The van der Waals surface area contributed by atoms with Crippen molar-refractivity contribution >= 4 is 11.9 Å². The molecule has 0 bridgehead atoms. The number of pyridine rings is 1. The van der Waals surface area contributed by atoms with E-state index in [-0.39, 0.29) is 24.8 Å². The fourth-order valence-corrected chi connectivity index (χ4v) is 3.56.